The monoisotopic (exact) mass is 219 g/mol. The zero-order valence-electron chi connectivity index (χ0n) is 10.0. The Morgan fingerprint density at radius 3 is 3.12 bits per heavy atom. The summed E-state index contributed by atoms with van der Waals surface area (Å²) < 4.78 is 2.19. The number of nitrogens with one attached hydrogen (secondary N) is 1. The summed E-state index contributed by atoms with van der Waals surface area (Å²) in [4.78, 5) is 4.21. The maximum atomic E-state index is 4.21. The molecule has 1 aromatic heterocycles. The van der Waals surface area contributed by atoms with E-state index in [9.17, 15) is 0 Å². The van der Waals surface area contributed by atoms with Gasteiger partial charge in [-0.1, -0.05) is 12.2 Å². The SMILES string of the molecule is Cc1nccn1CCNCC1CC=CCC1. The summed E-state index contributed by atoms with van der Waals surface area (Å²) >= 11 is 0. The van der Waals surface area contributed by atoms with Gasteiger partial charge < -0.3 is 9.88 Å². The molecule has 3 heteroatoms. The highest BCUT2D eigenvalue weighted by atomic mass is 15.1. The molecule has 1 atom stereocenters. The maximum Gasteiger partial charge on any atom is 0.105 e. The largest absolute Gasteiger partial charge is 0.334 e. The van der Waals surface area contributed by atoms with E-state index in [1.54, 1.807) is 0 Å². The molecule has 0 aliphatic heterocycles. The average Bonchev–Trinajstić information content (AvgIpc) is 2.72. The van der Waals surface area contributed by atoms with Crippen molar-refractivity contribution in [2.24, 2.45) is 5.92 Å². The Balaban J connectivity index is 1.62. The van der Waals surface area contributed by atoms with Crippen LogP contribution in [0.2, 0.25) is 0 Å². The van der Waals surface area contributed by atoms with Crippen molar-refractivity contribution in [3.8, 4) is 0 Å². The van der Waals surface area contributed by atoms with Crippen LogP contribution in [0.3, 0.4) is 0 Å². The van der Waals surface area contributed by atoms with E-state index < -0.39 is 0 Å². The van der Waals surface area contributed by atoms with Gasteiger partial charge in [0.15, 0.2) is 0 Å². The van der Waals surface area contributed by atoms with Gasteiger partial charge in [-0.25, -0.2) is 4.98 Å². The lowest BCUT2D eigenvalue weighted by atomic mass is 9.94. The summed E-state index contributed by atoms with van der Waals surface area (Å²) in [7, 11) is 0. The highest BCUT2D eigenvalue weighted by molar-refractivity contribution is 4.91. The Morgan fingerprint density at radius 1 is 1.50 bits per heavy atom. The molecule has 3 nitrogen and oxygen atoms in total. The van der Waals surface area contributed by atoms with Crippen LogP contribution in [-0.4, -0.2) is 22.6 Å². The molecule has 1 aliphatic rings. The molecule has 0 saturated carbocycles. The van der Waals surface area contributed by atoms with Gasteiger partial charge in [-0.15, -0.1) is 0 Å². The lowest BCUT2D eigenvalue weighted by molar-refractivity contribution is 0.433. The number of hydrogen-bond acceptors (Lipinski definition) is 2. The van der Waals surface area contributed by atoms with Gasteiger partial charge in [0.2, 0.25) is 0 Å². The fraction of sp³-hybridized carbons (Fsp3) is 0.615. The Morgan fingerprint density at radius 2 is 2.44 bits per heavy atom. The van der Waals surface area contributed by atoms with Gasteiger partial charge in [-0.05, 0) is 38.6 Å². The summed E-state index contributed by atoms with van der Waals surface area (Å²) in [5.41, 5.74) is 0. The second-order valence-corrected chi connectivity index (χ2v) is 4.52. The van der Waals surface area contributed by atoms with Crippen molar-refractivity contribution in [3.63, 3.8) is 0 Å². The average molecular weight is 219 g/mol. The van der Waals surface area contributed by atoms with Crippen LogP contribution in [0.5, 0.6) is 0 Å². The van der Waals surface area contributed by atoms with Gasteiger partial charge in [-0.2, -0.15) is 0 Å². The fourth-order valence-corrected chi connectivity index (χ4v) is 2.19. The van der Waals surface area contributed by atoms with Gasteiger partial charge in [0.25, 0.3) is 0 Å². The summed E-state index contributed by atoms with van der Waals surface area (Å²) in [6.45, 7) is 5.26. The van der Waals surface area contributed by atoms with E-state index in [0.717, 1.165) is 31.4 Å². The minimum absolute atomic E-state index is 0.842. The first-order valence-corrected chi connectivity index (χ1v) is 6.19. The second kappa shape index (κ2) is 5.85. The third-order valence-electron chi connectivity index (χ3n) is 3.26. The molecule has 16 heavy (non-hydrogen) atoms. The normalized spacial score (nSPS) is 20.2. The smallest absolute Gasteiger partial charge is 0.105 e. The third-order valence-corrected chi connectivity index (χ3v) is 3.26. The molecule has 0 saturated heterocycles. The molecule has 88 valence electrons. The number of nitrogens with zero attached hydrogens (tertiary/aromatic N) is 2. The summed E-state index contributed by atoms with van der Waals surface area (Å²) in [6.07, 6.45) is 12.4. The van der Waals surface area contributed by atoms with Crippen LogP contribution in [0.1, 0.15) is 25.1 Å². The van der Waals surface area contributed by atoms with Crippen molar-refractivity contribution >= 4 is 0 Å². The molecule has 1 N–H and O–H groups in total. The van der Waals surface area contributed by atoms with Gasteiger partial charge >= 0.3 is 0 Å². The molecule has 1 aromatic rings. The third kappa shape index (κ3) is 3.20. The van der Waals surface area contributed by atoms with Gasteiger partial charge in [0.1, 0.15) is 5.82 Å². The van der Waals surface area contributed by atoms with E-state index in [1.165, 1.54) is 19.3 Å². The van der Waals surface area contributed by atoms with Crippen molar-refractivity contribution in [1.29, 1.82) is 0 Å². The van der Waals surface area contributed by atoms with Crippen molar-refractivity contribution in [1.82, 2.24) is 14.9 Å². The zero-order chi connectivity index (χ0) is 11.2. The molecular weight excluding hydrogens is 198 g/mol. The van der Waals surface area contributed by atoms with Crippen LogP contribution < -0.4 is 5.32 Å². The number of hydrogen-bond donors (Lipinski definition) is 1. The first-order chi connectivity index (χ1) is 7.86. The van der Waals surface area contributed by atoms with Crippen molar-refractivity contribution in [2.75, 3.05) is 13.1 Å². The quantitative estimate of drug-likeness (QED) is 0.607. The Labute approximate surface area is 97.6 Å². The molecule has 0 amide bonds. The van der Waals surface area contributed by atoms with Crippen LogP contribution in [0.4, 0.5) is 0 Å². The van der Waals surface area contributed by atoms with Gasteiger partial charge in [0, 0.05) is 25.5 Å². The fourth-order valence-electron chi connectivity index (χ4n) is 2.19. The molecule has 0 aromatic carbocycles. The molecule has 0 radical (unpaired) electrons. The summed E-state index contributed by atoms with van der Waals surface area (Å²) in [5.74, 6) is 1.94. The van der Waals surface area contributed by atoms with Crippen LogP contribution in [0.15, 0.2) is 24.5 Å². The first kappa shape index (κ1) is 11.4. The highest BCUT2D eigenvalue weighted by Crippen LogP contribution is 2.16. The predicted octanol–water partition coefficient (Wildman–Crippen LogP) is 2.14. The van der Waals surface area contributed by atoms with E-state index >= 15 is 0 Å². The molecule has 0 spiro atoms. The van der Waals surface area contributed by atoms with Crippen molar-refractivity contribution in [3.05, 3.63) is 30.4 Å². The molecule has 0 fully saturated rings. The highest BCUT2D eigenvalue weighted by Gasteiger charge is 2.08. The molecule has 1 aliphatic carbocycles. The van der Waals surface area contributed by atoms with Crippen LogP contribution in [-0.2, 0) is 6.54 Å². The molecule has 2 rings (SSSR count). The number of aryl methyl sites for hydroxylation is 1. The second-order valence-electron chi connectivity index (χ2n) is 4.52. The van der Waals surface area contributed by atoms with E-state index in [-0.39, 0.29) is 0 Å². The minimum atomic E-state index is 0.842. The molecule has 1 heterocycles. The standard InChI is InChI=1S/C13H21N3/c1-12-15-8-10-16(12)9-7-14-11-13-5-3-2-4-6-13/h2-3,8,10,13-14H,4-7,9,11H2,1H3. The lowest BCUT2D eigenvalue weighted by Crippen LogP contribution is -2.26. The lowest BCUT2D eigenvalue weighted by Gasteiger charge is -2.18. The van der Waals surface area contributed by atoms with Gasteiger partial charge in [-0.3, -0.25) is 0 Å². The number of allylic oxidation sites excluding steroid dienone is 2. The van der Waals surface area contributed by atoms with E-state index in [0.29, 0.717) is 0 Å². The van der Waals surface area contributed by atoms with Crippen LogP contribution in [0.25, 0.3) is 0 Å². The van der Waals surface area contributed by atoms with Crippen LogP contribution in [0, 0.1) is 12.8 Å². The minimum Gasteiger partial charge on any atom is -0.334 e. The Kier molecular flexibility index (Phi) is 4.17. The first-order valence-electron chi connectivity index (χ1n) is 6.19. The number of imidazole rings is 1. The van der Waals surface area contributed by atoms with Crippen molar-refractivity contribution < 1.29 is 0 Å². The van der Waals surface area contributed by atoms with Gasteiger partial charge in [0.05, 0.1) is 0 Å². The van der Waals surface area contributed by atoms with E-state index in [1.807, 2.05) is 19.3 Å². The number of rotatable bonds is 5. The number of aromatic nitrogens is 2. The maximum absolute atomic E-state index is 4.21. The summed E-state index contributed by atoms with van der Waals surface area (Å²) in [6, 6.07) is 0. The van der Waals surface area contributed by atoms with Crippen LogP contribution >= 0.6 is 0 Å². The van der Waals surface area contributed by atoms with E-state index in [2.05, 4.69) is 27.0 Å². The topological polar surface area (TPSA) is 29.9 Å². The van der Waals surface area contributed by atoms with E-state index in [4.69, 9.17) is 0 Å². The molecular formula is C13H21N3. The predicted molar refractivity (Wildman–Crippen MR) is 66.3 cm³/mol. The molecule has 1 unspecified atom stereocenters. The van der Waals surface area contributed by atoms with Crippen molar-refractivity contribution in [2.45, 2.75) is 32.7 Å². The Bertz CT molecular complexity index is 341. The Hall–Kier alpha value is -1.09. The zero-order valence-corrected chi connectivity index (χ0v) is 10.0. The molecule has 0 bridgehead atoms. The summed E-state index contributed by atoms with van der Waals surface area (Å²) in [5, 5.41) is 3.54.